The van der Waals surface area contributed by atoms with E-state index in [1.807, 2.05) is 24.3 Å². The second-order valence-electron chi connectivity index (χ2n) is 6.24. The van der Waals surface area contributed by atoms with Crippen molar-refractivity contribution in [1.29, 1.82) is 0 Å². The van der Waals surface area contributed by atoms with Gasteiger partial charge in [0.05, 0.1) is 29.3 Å². The van der Waals surface area contributed by atoms with Gasteiger partial charge in [-0.1, -0.05) is 12.1 Å². The first kappa shape index (κ1) is 19.0. The van der Waals surface area contributed by atoms with Crippen molar-refractivity contribution in [2.45, 2.75) is 13.1 Å². The Balaban J connectivity index is 1.81. The number of likely N-dealkylation sites (N-methyl/N-ethyl adjacent to an activating group) is 1. The Bertz CT molecular complexity index is 1110. The summed E-state index contributed by atoms with van der Waals surface area (Å²) in [6.45, 7) is 0.127. The summed E-state index contributed by atoms with van der Waals surface area (Å²) in [4.78, 5) is 41.1. The summed E-state index contributed by atoms with van der Waals surface area (Å²) in [5, 5.41) is 11.0. The van der Waals surface area contributed by atoms with Gasteiger partial charge in [-0.25, -0.2) is 4.98 Å². The molecule has 0 unspecified atom stereocenters. The monoisotopic (exact) mass is 382 g/mol. The van der Waals surface area contributed by atoms with E-state index in [0.29, 0.717) is 17.8 Å². The summed E-state index contributed by atoms with van der Waals surface area (Å²) >= 11 is 0. The number of rotatable bonds is 6. The Labute approximate surface area is 159 Å². The van der Waals surface area contributed by atoms with Gasteiger partial charge in [-0.05, 0) is 23.8 Å². The molecule has 0 aliphatic rings. The van der Waals surface area contributed by atoms with E-state index in [9.17, 15) is 19.7 Å². The lowest BCUT2D eigenvalue weighted by atomic mass is 10.2. The summed E-state index contributed by atoms with van der Waals surface area (Å²) in [7, 11) is 3.20. The number of amides is 1. The van der Waals surface area contributed by atoms with Crippen molar-refractivity contribution in [3.05, 3.63) is 74.8 Å². The molecule has 9 heteroatoms. The molecular weight excluding hydrogens is 364 g/mol. The molecule has 2 aromatic carbocycles. The molecule has 0 aliphatic carbocycles. The average molecular weight is 382 g/mol. The standard InChI is InChI=1S/C19H18N4O5/c1-21(10-13-4-3-5-15(8-13)28-2)18(24)11-22-12-20-17-7-6-14(23(26)27)9-16(17)19(22)25/h3-9,12H,10-11H2,1-2H3. The third kappa shape index (κ3) is 3.98. The van der Waals surface area contributed by atoms with Crippen molar-refractivity contribution in [2.75, 3.05) is 14.2 Å². The van der Waals surface area contributed by atoms with Crippen LogP contribution in [-0.2, 0) is 17.9 Å². The Morgan fingerprint density at radius 1 is 1.29 bits per heavy atom. The maximum absolute atomic E-state index is 12.6. The second kappa shape index (κ2) is 7.87. The molecule has 0 saturated heterocycles. The fourth-order valence-electron chi connectivity index (χ4n) is 2.77. The molecule has 0 saturated carbocycles. The molecule has 0 N–H and O–H groups in total. The van der Waals surface area contributed by atoms with Crippen LogP contribution < -0.4 is 10.3 Å². The number of ether oxygens (including phenoxy) is 1. The summed E-state index contributed by atoms with van der Waals surface area (Å²) in [5.41, 5.74) is 0.515. The molecule has 0 radical (unpaired) electrons. The molecule has 144 valence electrons. The predicted molar refractivity (Wildman–Crippen MR) is 102 cm³/mol. The average Bonchev–Trinajstić information content (AvgIpc) is 2.69. The largest absolute Gasteiger partial charge is 0.497 e. The van der Waals surface area contributed by atoms with Crippen LogP contribution in [-0.4, -0.2) is 39.4 Å². The minimum absolute atomic E-state index is 0.0972. The van der Waals surface area contributed by atoms with E-state index in [0.717, 1.165) is 10.1 Å². The van der Waals surface area contributed by atoms with E-state index < -0.39 is 10.5 Å². The smallest absolute Gasteiger partial charge is 0.270 e. The van der Waals surface area contributed by atoms with Crippen LogP contribution in [0.2, 0.25) is 0 Å². The van der Waals surface area contributed by atoms with Gasteiger partial charge in [-0.3, -0.25) is 24.3 Å². The van der Waals surface area contributed by atoms with Crippen molar-refractivity contribution in [3.63, 3.8) is 0 Å². The molecule has 3 rings (SSSR count). The lowest BCUT2D eigenvalue weighted by Crippen LogP contribution is -2.33. The van der Waals surface area contributed by atoms with E-state index in [1.54, 1.807) is 14.2 Å². The first-order valence-corrected chi connectivity index (χ1v) is 8.39. The molecule has 0 bridgehead atoms. The van der Waals surface area contributed by atoms with Crippen LogP contribution in [0.1, 0.15) is 5.56 Å². The fourth-order valence-corrected chi connectivity index (χ4v) is 2.77. The molecule has 28 heavy (non-hydrogen) atoms. The predicted octanol–water partition coefficient (Wildman–Crippen LogP) is 1.97. The topological polar surface area (TPSA) is 108 Å². The highest BCUT2D eigenvalue weighted by Crippen LogP contribution is 2.16. The van der Waals surface area contributed by atoms with Crippen LogP contribution >= 0.6 is 0 Å². The summed E-state index contributed by atoms with van der Waals surface area (Å²) in [6, 6.07) is 11.2. The molecule has 1 aromatic heterocycles. The number of carbonyl (C=O) groups is 1. The highest BCUT2D eigenvalue weighted by Gasteiger charge is 2.15. The summed E-state index contributed by atoms with van der Waals surface area (Å²) in [5.74, 6) is 0.395. The van der Waals surface area contributed by atoms with Crippen LogP contribution in [0.4, 0.5) is 5.69 Å². The fraction of sp³-hybridized carbons (Fsp3) is 0.211. The number of carbonyl (C=O) groups excluding carboxylic acids is 1. The summed E-state index contributed by atoms with van der Waals surface area (Å²) in [6.07, 6.45) is 1.27. The van der Waals surface area contributed by atoms with Gasteiger partial charge in [0.1, 0.15) is 12.3 Å². The van der Waals surface area contributed by atoms with Crippen LogP contribution in [0.5, 0.6) is 5.75 Å². The molecule has 0 fully saturated rings. The van der Waals surface area contributed by atoms with Gasteiger partial charge in [-0.15, -0.1) is 0 Å². The van der Waals surface area contributed by atoms with Gasteiger partial charge < -0.3 is 9.64 Å². The zero-order valence-electron chi connectivity index (χ0n) is 15.4. The Morgan fingerprint density at radius 2 is 2.07 bits per heavy atom. The molecule has 0 spiro atoms. The SMILES string of the molecule is COc1cccc(CN(C)C(=O)Cn2cnc3ccc([N+](=O)[O-])cc3c2=O)c1. The number of nitro groups is 1. The maximum atomic E-state index is 12.6. The van der Waals surface area contributed by atoms with Gasteiger partial charge in [0.2, 0.25) is 5.91 Å². The lowest BCUT2D eigenvalue weighted by molar-refractivity contribution is -0.384. The highest BCUT2D eigenvalue weighted by molar-refractivity contribution is 5.80. The highest BCUT2D eigenvalue weighted by atomic mass is 16.6. The molecule has 1 amide bonds. The van der Waals surface area contributed by atoms with Gasteiger partial charge in [-0.2, -0.15) is 0 Å². The number of aromatic nitrogens is 2. The molecule has 0 atom stereocenters. The Hall–Kier alpha value is -3.75. The van der Waals surface area contributed by atoms with Crippen molar-refractivity contribution in [3.8, 4) is 5.75 Å². The number of nitrogens with zero attached hydrogens (tertiary/aromatic N) is 4. The van der Waals surface area contributed by atoms with E-state index in [2.05, 4.69) is 4.98 Å². The van der Waals surface area contributed by atoms with E-state index >= 15 is 0 Å². The number of fused-ring (bicyclic) bond motifs is 1. The van der Waals surface area contributed by atoms with Crippen molar-refractivity contribution < 1.29 is 14.5 Å². The first-order chi connectivity index (χ1) is 13.4. The van der Waals surface area contributed by atoms with E-state index in [4.69, 9.17) is 4.74 Å². The quantitative estimate of drug-likeness (QED) is 0.476. The molecule has 3 aromatic rings. The number of methoxy groups -OCH3 is 1. The van der Waals surface area contributed by atoms with Crippen molar-refractivity contribution in [1.82, 2.24) is 14.5 Å². The van der Waals surface area contributed by atoms with E-state index in [-0.39, 0.29) is 23.5 Å². The summed E-state index contributed by atoms with van der Waals surface area (Å²) < 4.78 is 6.32. The second-order valence-corrected chi connectivity index (χ2v) is 6.24. The number of nitro benzene ring substituents is 1. The molecule has 0 aliphatic heterocycles. The first-order valence-electron chi connectivity index (χ1n) is 8.39. The molecule has 1 heterocycles. The molecular formula is C19H18N4O5. The van der Waals surface area contributed by atoms with E-state index in [1.165, 1.54) is 29.4 Å². The zero-order valence-corrected chi connectivity index (χ0v) is 15.4. The normalized spacial score (nSPS) is 10.6. The maximum Gasteiger partial charge on any atom is 0.270 e. The van der Waals surface area contributed by atoms with Crippen molar-refractivity contribution in [2.24, 2.45) is 0 Å². The third-order valence-corrected chi connectivity index (χ3v) is 4.30. The Morgan fingerprint density at radius 3 is 2.79 bits per heavy atom. The van der Waals surface area contributed by atoms with Crippen LogP contribution in [0.25, 0.3) is 10.9 Å². The van der Waals surface area contributed by atoms with Crippen LogP contribution in [0, 0.1) is 10.1 Å². The zero-order chi connectivity index (χ0) is 20.3. The minimum Gasteiger partial charge on any atom is -0.497 e. The van der Waals surface area contributed by atoms with Gasteiger partial charge >= 0.3 is 0 Å². The Kier molecular flexibility index (Phi) is 5.35. The number of hydrogen-bond acceptors (Lipinski definition) is 6. The molecule has 9 nitrogen and oxygen atoms in total. The van der Waals surface area contributed by atoms with Gasteiger partial charge in [0, 0.05) is 25.7 Å². The third-order valence-electron chi connectivity index (χ3n) is 4.30. The van der Waals surface area contributed by atoms with Crippen LogP contribution in [0.3, 0.4) is 0 Å². The van der Waals surface area contributed by atoms with Crippen molar-refractivity contribution >= 4 is 22.5 Å². The number of benzene rings is 2. The number of hydrogen-bond donors (Lipinski definition) is 0. The van der Waals surface area contributed by atoms with Gasteiger partial charge in [0.15, 0.2) is 0 Å². The lowest BCUT2D eigenvalue weighted by Gasteiger charge is -2.18. The van der Waals surface area contributed by atoms with Gasteiger partial charge in [0.25, 0.3) is 11.2 Å². The minimum atomic E-state index is -0.580. The number of non-ortho nitro benzene ring substituents is 1. The van der Waals surface area contributed by atoms with Crippen LogP contribution in [0.15, 0.2) is 53.6 Å².